The minimum Gasteiger partial charge on any atom is -0.469 e. The van der Waals surface area contributed by atoms with Gasteiger partial charge >= 0.3 is 5.97 Å². The molecule has 1 aromatic rings. The first kappa shape index (κ1) is 14.8. The summed E-state index contributed by atoms with van der Waals surface area (Å²) in [6.45, 7) is 3.32. The zero-order chi connectivity index (χ0) is 14.9. The highest BCUT2D eigenvalue weighted by atomic mass is 16.5. The van der Waals surface area contributed by atoms with Crippen LogP contribution in [0.25, 0.3) is 0 Å². The molecule has 0 radical (unpaired) electrons. The minimum absolute atomic E-state index is 0.0743. The molecule has 1 aromatic heterocycles. The highest BCUT2D eigenvalue weighted by Crippen LogP contribution is 2.34. The number of anilines is 1. The molecule has 0 aliphatic heterocycles. The number of hydrogen-bond donors (Lipinski definition) is 2. The normalized spacial score (nSPS) is 23.6. The number of nitrogens with zero attached hydrogens (tertiary/aromatic N) is 2. The van der Waals surface area contributed by atoms with Crippen molar-refractivity contribution < 1.29 is 14.6 Å². The summed E-state index contributed by atoms with van der Waals surface area (Å²) in [5.41, 5.74) is 5.82. The third-order valence-electron chi connectivity index (χ3n) is 3.89. The van der Waals surface area contributed by atoms with Gasteiger partial charge in [0.25, 0.3) is 0 Å². The Morgan fingerprint density at radius 1 is 1.55 bits per heavy atom. The van der Waals surface area contributed by atoms with Crippen molar-refractivity contribution in [1.82, 2.24) is 9.78 Å². The first-order chi connectivity index (χ1) is 9.32. The van der Waals surface area contributed by atoms with Crippen LogP contribution >= 0.6 is 0 Å². The number of nitrogens with two attached hydrogens (primary N) is 1. The highest BCUT2D eigenvalue weighted by molar-refractivity contribution is 5.72. The Labute approximate surface area is 118 Å². The largest absolute Gasteiger partial charge is 0.469 e. The molecule has 0 saturated heterocycles. The van der Waals surface area contributed by atoms with Crippen molar-refractivity contribution in [2.24, 2.45) is 5.92 Å². The maximum absolute atomic E-state index is 11.7. The zero-order valence-electron chi connectivity index (χ0n) is 12.3. The maximum Gasteiger partial charge on any atom is 0.308 e. The van der Waals surface area contributed by atoms with Crippen LogP contribution < -0.4 is 5.73 Å². The zero-order valence-corrected chi connectivity index (χ0v) is 12.3. The quantitative estimate of drug-likeness (QED) is 0.821. The van der Waals surface area contributed by atoms with Crippen LogP contribution in [0.4, 0.5) is 5.69 Å². The molecule has 2 atom stereocenters. The van der Waals surface area contributed by atoms with Crippen molar-refractivity contribution in [2.75, 3.05) is 12.8 Å². The first-order valence-electron chi connectivity index (χ1n) is 6.98. The third-order valence-corrected chi connectivity index (χ3v) is 3.89. The lowest BCUT2D eigenvalue weighted by Gasteiger charge is -2.27. The van der Waals surface area contributed by atoms with Crippen molar-refractivity contribution in [3.8, 4) is 0 Å². The number of methoxy groups -OCH3 is 1. The molecule has 112 valence electrons. The van der Waals surface area contributed by atoms with Gasteiger partial charge in [0.2, 0.25) is 0 Å². The van der Waals surface area contributed by atoms with Crippen LogP contribution in [0.2, 0.25) is 0 Å². The summed E-state index contributed by atoms with van der Waals surface area (Å²) < 4.78 is 6.61. The van der Waals surface area contributed by atoms with Crippen molar-refractivity contribution in [1.29, 1.82) is 0 Å². The van der Waals surface area contributed by atoms with Crippen LogP contribution in [-0.4, -0.2) is 28.0 Å². The fourth-order valence-corrected chi connectivity index (χ4v) is 2.85. The molecule has 20 heavy (non-hydrogen) atoms. The van der Waals surface area contributed by atoms with Gasteiger partial charge in [-0.2, -0.15) is 5.10 Å². The molecule has 0 spiro atoms. The Morgan fingerprint density at radius 3 is 2.80 bits per heavy atom. The second kappa shape index (κ2) is 5.44. The maximum atomic E-state index is 11.7. The molecule has 1 saturated carbocycles. The predicted octanol–water partition coefficient (Wildman–Crippen LogP) is 1.60. The Kier molecular flexibility index (Phi) is 4.04. The van der Waals surface area contributed by atoms with Gasteiger partial charge in [-0.15, -0.1) is 0 Å². The number of carbonyl (C=O) groups is 1. The van der Waals surface area contributed by atoms with Gasteiger partial charge in [0.15, 0.2) is 0 Å². The average molecular weight is 281 g/mol. The molecule has 0 amide bonds. The molecule has 2 unspecified atom stereocenters. The van der Waals surface area contributed by atoms with Crippen LogP contribution in [0.15, 0.2) is 6.20 Å². The van der Waals surface area contributed by atoms with E-state index in [1.54, 1.807) is 24.7 Å². The summed E-state index contributed by atoms with van der Waals surface area (Å²) in [5.74, 6) is -0.229. The van der Waals surface area contributed by atoms with E-state index in [-0.39, 0.29) is 17.9 Å². The fraction of sp³-hybridized carbons (Fsp3) is 0.714. The Hall–Kier alpha value is -1.56. The lowest BCUT2D eigenvalue weighted by Crippen LogP contribution is -2.26. The summed E-state index contributed by atoms with van der Waals surface area (Å²) in [6, 6.07) is 0.131. The Bertz CT molecular complexity index is 490. The number of nitrogen functional groups attached to an aromatic ring is 1. The summed E-state index contributed by atoms with van der Waals surface area (Å²) in [6.07, 6.45) is 5.23. The van der Waals surface area contributed by atoms with E-state index >= 15 is 0 Å². The van der Waals surface area contributed by atoms with Gasteiger partial charge in [-0.3, -0.25) is 9.48 Å². The smallest absolute Gasteiger partial charge is 0.308 e. The van der Waals surface area contributed by atoms with Gasteiger partial charge in [0.1, 0.15) is 11.3 Å². The van der Waals surface area contributed by atoms with E-state index in [2.05, 4.69) is 5.10 Å². The number of rotatable bonds is 3. The SMILES string of the molecule is COC(=O)C1CCCC(n2cc(N)c(C(C)(C)O)n2)C1. The number of hydrogen-bond acceptors (Lipinski definition) is 5. The molecule has 1 aliphatic carbocycles. The lowest BCUT2D eigenvalue weighted by molar-refractivity contribution is -0.147. The van der Waals surface area contributed by atoms with Gasteiger partial charge in [-0.05, 0) is 33.1 Å². The van der Waals surface area contributed by atoms with E-state index in [0.717, 1.165) is 19.3 Å². The van der Waals surface area contributed by atoms with Crippen molar-refractivity contribution >= 4 is 11.7 Å². The lowest BCUT2D eigenvalue weighted by atomic mass is 9.86. The van der Waals surface area contributed by atoms with Gasteiger partial charge in [0, 0.05) is 6.20 Å². The molecule has 6 heteroatoms. The van der Waals surface area contributed by atoms with Gasteiger partial charge in [0.05, 0.1) is 24.8 Å². The standard InChI is InChI=1S/C14H23N3O3/c1-14(2,19)12-11(15)8-17(16-12)10-6-4-5-9(7-10)13(18)20-3/h8-10,19H,4-7,15H2,1-3H3. The minimum atomic E-state index is -1.06. The molecule has 2 rings (SSSR count). The fourth-order valence-electron chi connectivity index (χ4n) is 2.85. The van der Waals surface area contributed by atoms with Gasteiger partial charge in [-0.1, -0.05) is 6.42 Å². The first-order valence-corrected chi connectivity index (χ1v) is 6.98. The Morgan fingerprint density at radius 2 is 2.25 bits per heavy atom. The van der Waals surface area contributed by atoms with Gasteiger partial charge in [-0.25, -0.2) is 0 Å². The third kappa shape index (κ3) is 2.95. The molecule has 1 heterocycles. The van der Waals surface area contributed by atoms with Gasteiger partial charge < -0.3 is 15.6 Å². The number of aliphatic hydroxyl groups is 1. The van der Waals surface area contributed by atoms with Crippen LogP contribution in [0.1, 0.15) is 51.3 Å². The Balaban J connectivity index is 2.17. The highest BCUT2D eigenvalue weighted by Gasteiger charge is 2.31. The summed E-state index contributed by atoms with van der Waals surface area (Å²) in [7, 11) is 1.42. The van der Waals surface area contributed by atoms with E-state index in [0.29, 0.717) is 17.8 Å². The summed E-state index contributed by atoms with van der Waals surface area (Å²) >= 11 is 0. The van der Waals surface area contributed by atoms with Crippen LogP contribution in [-0.2, 0) is 15.1 Å². The average Bonchev–Trinajstić information content (AvgIpc) is 2.80. The van der Waals surface area contributed by atoms with Crippen LogP contribution in [0.3, 0.4) is 0 Å². The number of aromatic nitrogens is 2. The topological polar surface area (TPSA) is 90.4 Å². The molecule has 0 aromatic carbocycles. The molecule has 1 fully saturated rings. The second-order valence-corrected chi connectivity index (χ2v) is 6.01. The second-order valence-electron chi connectivity index (χ2n) is 6.01. The van der Waals surface area contributed by atoms with Crippen LogP contribution in [0, 0.1) is 5.92 Å². The summed E-state index contributed by atoms with van der Waals surface area (Å²) in [4.78, 5) is 11.7. The monoisotopic (exact) mass is 281 g/mol. The number of carbonyl (C=O) groups excluding carboxylic acids is 1. The molecule has 6 nitrogen and oxygen atoms in total. The van der Waals surface area contributed by atoms with E-state index in [9.17, 15) is 9.90 Å². The number of esters is 1. The molecular weight excluding hydrogens is 258 g/mol. The van der Waals surface area contributed by atoms with E-state index in [1.165, 1.54) is 7.11 Å². The number of ether oxygens (including phenoxy) is 1. The predicted molar refractivity (Wildman–Crippen MR) is 74.9 cm³/mol. The van der Waals surface area contributed by atoms with E-state index in [4.69, 9.17) is 10.5 Å². The van der Waals surface area contributed by atoms with Crippen molar-refractivity contribution in [3.63, 3.8) is 0 Å². The van der Waals surface area contributed by atoms with Crippen molar-refractivity contribution in [3.05, 3.63) is 11.9 Å². The summed E-state index contributed by atoms with van der Waals surface area (Å²) in [5, 5.41) is 14.4. The van der Waals surface area contributed by atoms with E-state index in [1.807, 2.05) is 0 Å². The molecule has 3 N–H and O–H groups in total. The van der Waals surface area contributed by atoms with E-state index < -0.39 is 5.60 Å². The molecular formula is C14H23N3O3. The molecule has 1 aliphatic rings. The van der Waals surface area contributed by atoms with Crippen molar-refractivity contribution in [2.45, 2.75) is 51.2 Å². The van der Waals surface area contributed by atoms with Crippen LogP contribution in [0.5, 0.6) is 0 Å². The molecule has 0 bridgehead atoms.